The summed E-state index contributed by atoms with van der Waals surface area (Å²) in [5.74, 6) is -2.08. The first-order valence-electron chi connectivity index (χ1n) is 8.59. The van der Waals surface area contributed by atoms with Crippen molar-refractivity contribution in [3.05, 3.63) is 59.9 Å². The highest BCUT2D eigenvalue weighted by Gasteiger charge is 2.70. The van der Waals surface area contributed by atoms with Crippen LogP contribution in [-0.2, 0) is 14.8 Å². The number of hydrogen-bond donors (Lipinski definition) is 2. The predicted octanol–water partition coefficient (Wildman–Crippen LogP) is 2.81. The number of nitriles is 1. The maximum absolute atomic E-state index is 13.0. The number of carbonyl (C=O) groups is 1. The van der Waals surface area contributed by atoms with E-state index >= 15 is 0 Å². The number of nitrogens with one attached hydrogen (secondary N) is 1. The number of carboxylic acids is 1. The summed E-state index contributed by atoms with van der Waals surface area (Å²) in [6, 6.07) is 15.1. The number of aliphatic carboxylic acids is 1. The van der Waals surface area contributed by atoms with Crippen LogP contribution in [0.25, 0.3) is 10.6 Å². The Labute approximate surface area is 170 Å². The van der Waals surface area contributed by atoms with Gasteiger partial charge in [0.25, 0.3) is 10.0 Å². The second-order valence-electron chi connectivity index (χ2n) is 6.76. The monoisotopic (exact) mass is 429 g/mol. The third-order valence-electron chi connectivity index (χ3n) is 5.13. The summed E-state index contributed by atoms with van der Waals surface area (Å²) >= 11 is 0.920. The van der Waals surface area contributed by atoms with E-state index in [1.165, 1.54) is 18.2 Å². The molecule has 2 N–H and O–H groups in total. The van der Waals surface area contributed by atoms with E-state index in [4.69, 9.17) is 9.78 Å². The molecular weight excluding hydrogens is 414 g/mol. The molecule has 1 aromatic carbocycles. The largest absolute Gasteiger partial charge is 0.480 e. The average molecular weight is 429 g/mol. The fraction of sp³-hybridized carbons (Fsp3) is 0.211. The second-order valence-corrected chi connectivity index (χ2v) is 9.76. The molecule has 0 aliphatic heterocycles. The fourth-order valence-corrected chi connectivity index (χ4v) is 6.34. The topological polar surface area (TPSA) is 133 Å². The molecule has 4 rings (SSSR count). The van der Waals surface area contributed by atoms with Crippen molar-refractivity contribution in [2.45, 2.75) is 22.6 Å². The quantitative estimate of drug-likeness (QED) is 0.615. The molecular formula is C19H15N3O5S2. The molecule has 1 fully saturated rings. The van der Waals surface area contributed by atoms with E-state index in [0.29, 0.717) is 10.6 Å². The van der Waals surface area contributed by atoms with Gasteiger partial charge in [-0.1, -0.05) is 42.4 Å². The standard InChI is InChI=1S/C19H15N3O5S2/c1-11-17(12-5-3-2-4-6-12)19(11,18(23)24)22-29(25,26)16-8-7-15(28-16)14-9-13(10-20)27-21-14/h2-9,11,17,22H,1H3,(H,23,24)/t11-,17-,19+/m1/s1. The second kappa shape index (κ2) is 6.81. The molecule has 0 saturated heterocycles. The molecule has 0 radical (unpaired) electrons. The molecule has 1 aliphatic carbocycles. The van der Waals surface area contributed by atoms with E-state index < -0.39 is 33.4 Å². The molecule has 0 amide bonds. The highest BCUT2D eigenvalue weighted by atomic mass is 32.2. The normalized spacial score (nSPS) is 23.4. The number of hydrogen-bond acceptors (Lipinski definition) is 7. The highest BCUT2D eigenvalue weighted by molar-refractivity contribution is 7.91. The molecule has 2 aromatic heterocycles. The van der Waals surface area contributed by atoms with Gasteiger partial charge in [0.2, 0.25) is 5.76 Å². The molecule has 2 heterocycles. The van der Waals surface area contributed by atoms with E-state index in [2.05, 4.69) is 9.88 Å². The predicted molar refractivity (Wildman–Crippen MR) is 104 cm³/mol. The highest BCUT2D eigenvalue weighted by Crippen LogP contribution is 2.58. The molecule has 10 heteroatoms. The first-order chi connectivity index (χ1) is 13.8. The van der Waals surface area contributed by atoms with Gasteiger partial charge in [-0.15, -0.1) is 11.3 Å². The Bertz CT molecular complexity index is 1230. The molecule has 0 bridgehead atoms. The molecule has 0 spiro atoms. The molecule has 148 valence electrons. The molecule has 0 unspecified atom stereocenters. The van der Waals surface area contributed by atoms with Crippen molar-refractivity contribution in [2.24, 2.45) is 5.92 Å². The first-order valence-corrected chi connectivity index (χ1v) is 10.9. The van der Waals surface area contributed by atoms with E-state index in [-0.39, 0.29) is 9.97 Å². The van der Waals surface area contributed by atoms with E-state index in [1.807, 2.05) is 12.1 Å². The van der Waals surface area contributed by atoms with Crippen molar-refractivity contribution in [2.75, 3.05) is 0 Å². The van der Waals surface area contributed by atoms with Gasteiger partial charge in [0.1, 0.15) is 21.5 Å². The van der Waals surface area contributed by atoms with Gasteiger partial charge in [-0.05, 0) is 23.6 Å². The van der Waals surface area contributed by atoms with Crippen molar-refractivity contribution >= 4 is 27.3 Å². The van der Waals surface area contributed by atoms with Crippen LogP contribution < -0.4 is 4.72 Å². The van der Waals surface area contributed by atoms with Crippen LogP contribution in [0.2, 0.25) is 0 Å². The van der Waals surface area contributed by atoms with Gasteiger partial charge in [0.15, 0.2) is 0 Å². The minimum Gasteiger partial charge on any atom is -0.480 e. The Morgan fingerprint density at radius 2 is 2.03 bits per heavy atom. The Morgan fingerprint density at radius 3 is 2.66 bits per heavy atom. The Kier molecular flexibility index (Phi) is 4.53. The van der Waals surface area contributed by atoms with Crippen molar-refractivity contribution < 1.29 is 22.8 Å². The van der Waals surface area contributed by atoms with Crippen LogP contribution in [0.1, 0.15) is 24.2 Å². The van der Waals surface area contributed by atoms with Crippen molar-refractivity contribution in [3.63, 3.8) is 0 Å². The number of benzene rings is 1. The summed E-state index contributed by atoms with van der Waals surface area (Å²) in [5, 5.41) is 22.4. The lowest BCUT2D eigenvalue weighted by atomic mass is 10.1. The van der Waals surface area contributed by atoms with Crippen LogP contribution in [0.3, 0.4) is 0 Å². The summed E-state index contributed by atoms with van der Waals surface area (Å²) in [7, 11) is -4.10. The molecule has 29 heavy (non-hydrogen) atoms. The Hall–Kier alpha value is -3.00. The van der Waals surface area contributed by atoms with Crippen molar-refractivity contribution in [3.8, 4) is 16.6 Å². The van der Waals surface area contributed by atoms with Gasteiger partial charge in [-0.25, -0.2) is 8.42 Å². The van der Waals surface area contributed by atoms with Gasteiger partial charge >= 0.3 is 5.97 Å². The summed E-state index contributed by atoms with van der Waals surface area (Å²) in [6.45, 7) is 1.72. The third-order valence-corrected chi connectivity index (χ3v) is 8.22. The SMILES string of the molecule is C[C@@H]1[C@H](c2ccccc2)[C@]1(NS(=O)(=O)c1ccc(-c2cc(C#N)on2)s1)C(=O)O. The maximum Gasteiger partial charge on any atom is 0.325 e. The zero-order valence-corrected chi connectivity index (χ0v) is 16.7. The molecule has 1 saturated carbocycles. The first kappa shape index (κ1) is 19.3. The summed E-state index contributed by atoms with van der Waals surface area (Å²) in [4.78, 5) is 12.6. The van der Waals surface area contributed by atoms with Crippen molar-refractivity contribution in [1.29, 1.82) is 5.26 Å². The third kappa shape index (κ3) is 3.13. The lowest BCUT2D eigenvalue weighted by Gasteiger charge is -2.15. The van der Waals surface area contributed by atoms with E-state index in [1.54, 1.807) is 31.2 Å². The van der Waals surface area contributed by atoms with E-state index in [9.17, 15) is 18.3 Å². The molecule has 3 atom stereocenters. The maximum atomic E-state index is 13.0. The van der Waals surface area contributed by atoms with Crippen LogP contribution in [0, 0.1) is 17.2 Å². The number of aromatic nitrogens is 1. The van der Waals surface area contributed by atoms with Crippen LogP contribution >= 0.6 is 11.3 Å². The van der Waals surface area contributed by atoms with Gasteiger partial charge in [0, 0.05) is 12.0 Å². The van der Waals surface area contributed by atoms with Gasteiger partial charge in [0.05, 0.1) is 4.88 Å². The fourth-order valence-electron chi connectivity index (χ4n) is 3.62. The minimum absolute atomic E-state index is 0.0123. The summed E-state index contributed by atoms with van der Waals surface area (Å²) in [5.41, 5.74) is -0.502. The summed E-state index contributed by atoms with van der Waals surface area (Å²) in [6.07, 6.45) is 0. The van der Waals surface area contributed by atoms with E-state index in [0.717, 1.165) is 16.9 Å². The van der Waals surface area contributed by atoms with Crippen LogP contribution in [-0.4, -0.2) is 30.2 Å². The number of carboxylic acid groups (broad SMARTS) is 1. The summed E-state index contributed by atoms with van der Waals surface area (Å²) < 4.78 is 33.1. The lowest BCUT2D eigenvalue weighted by Crippen LogP contribution is -2.45. The van der Waals surface area contributed by atoms with Gasteiger partial charge < -0.3 is 9.63 Å². The Morgan fingerprint density at radius 1 is 1.31 bits per heavy atom. The number of nitrogens with zero attached hydrogens (tertiary/aromatic N) is 2. The molecule has 1 aliphatic rings. The van der Waals surface area contributed by atoms with Crippen LogP contribution in [0.15, 0.2) is 57.3 Å². The zero-order valence-electron chi connectivity index (χ0n) is 15.1. The minimum atomic E-state index is -4.10. The smallest absolute Gasteiger partial charge is 0.325 e. The van der Waals surface area contributed by atoms with Gasteiger partial charge in [-0.2, -0.15) is 9.98 Å². The Balaban J connectivity index is 1.64. The number of thiophene rings is 1. The number of sulfonamides is 1. The lowest BCUT2D eigenvalue weighted by molar-refractivity contribution is -0.140. The van der Waals surface area contributed by atoms with Crippen LogP contribution in [0.5, 0.6) is 0 Å². The molecule has 8 nitrogen and oxygen atoms in total. The average Bonchev–Trinajstić information content (AvgIpc) is 3.13. The van der Waals surface area contributed by atoms with Crippen molar-refractivity contribution in [1.82, 2.24) is 9.88 Å². The zero-order chi connectivity index (χ0) is 20.8. The molecule has 3 aromatic rings. The van der Waals surface area contributed by atoms with Crippen LogP contribution in [0.4, 0.5) is 0 Å². The van der Waals surface area contributed by atoms with Gasteiger partial charge in [-0.3, -0.25) is 4.79 Å². The number of rotatable bonds is 6.